The highest BCUT2D eigenvalue weighted by atomic mass is 16.3. The van der Waals surface area contributed by atoms with Gasteiger partial charge in [0.25, 0.3) is 0 Å². The summed E-state index contributed by atoms with van der Waals surface area (Å²) in [6.07, 6.45) is 2.02. The van der Waals surface area contributed by atoms with Crippen molar-refractivity contribution >= 4 is 22.1 Å². The summed E-state index contributed by atoms with van der Waals surface area (Å²) >= 11 is 0. The molecule has 2 aromatic carbocycles. The van der Waals surface area contributed by atoms with Gasteiger partial charge in [0.05, 0.1) is 11.4 Å². The Labute approximate surface area is 233 Å². The van der Waals surface area contributed by atoms with E-state index >= 15 is 0 Å². The van der Waals surface area contributed by atoms with E-state index in [1.165, 1.54) is 27.8 Å². The molecule has 0 aliphatic heterocycles. The van der Waals surface area contributed by atoms with E-state index in [1.54, 1.807) is 0 Å². The molecule has 0 aliphatic rings. The molecule has 0 spiro atoms. The van der Waals surface area contributed by atoms with Gasteiger partial charge in [-0.15, -0.1) is 0 Å². The molecule has 0 unspecified atom stereocenters. The Morgan fingerprint density at radius 2 is 1.31 bits per heavy atom. The van der Waals surface area contributed by atoms with Gasteiger partial charge in [0.2, 0.25) is 5.71 Å². The highest BCUT2D eigenvalue weighted by Crippen LogP contribution is 2.40. The van der Waals surface area contributed by atoms with Crippen molar-refractivity contribution < 1.29 is 4.42 Å². The van der Waals surface area contributed by atoms with Crippen LogP contribution >= 0.6 is 0 Å². The first-order chi connectivity index (χ1) is 18.6. The number of para-hydroxylation sites is 1. The van der Waals surface area contributed by atoms with E-state index in [4.69, 9.17) is 14.4 Å². The van der Waals surface area contributed by atoms with Gasteiger partial charge in [0.15, 0.2) is 0 Å². The summed E-state index contributed by atoms with van der Waals surface area (Å²) in [5.74, 6) is 2.38. The first-order valence-corrected chi connectivity index (χ1v) is 14.5. The molecule has 0 fully saturated rings. The molecule has 39 heavy (non-hydrogen) atoms. The molecule has 3 nitrogen and oxygen atoms in total. The number of aromatic nitrogens is 2. The first-order valence-electron chi connectivity index (χ1n) is 14.5. The fourth-order valence-corrected chi connectivity index (χ4v) is 6.40. The maximum atomic E-state index is 6.58. The quantitative estimate of drug-likeness (QED) is 0.215. The van der Waals surface area contributed by atoms with Crippen LogP contribution in [0.1, 0.15) is 95.4 Å². The zero-order chi connectivity index (χ0) is 28.0. The first kappa shape index (κ1) is 27.1. The van der Waals surface area contributed by atoms with E-state index in [1.807, 2.05) is 6.20 Å². The normalized spacial score (nSPS) is 12.4. The van der Waals surface area contributed by atoms with Crippen LogP contribution in [0.2, 0.25) is 0 Å². The predicted octanol–water partition coefficient (Wildman–Crippen LogP) is 10.7. The Hall–Kier alpha value is -3.46. The lowest BCUT2D eigenvalue weighted by molar-refractivity contribution is 0.386. The molecule has 0 radical (unpaired) electrons. The number of fused-ring (bicyclic) bond motifs is 3. The molecular weight excluding hydrogens is 476 g/mol. The van der Waals surface area contributed by atoms with E-state index in [9.17, 15) is 0 Å². The van der Waals surface area contributed by atoms with Gasteiger partial charge in [-0.25, -0.2) is 4.98 Å². The Morgan fingerprint density at radius 3 is 1.92 bits per heavy atom. The number of pyridine rings is 2. The van der Waals surface area contributed by atoms with Crippen molar-refractivity contribution in [3.8, 4) is 22.5 Å². The van der Waals surface area contributed by atoms with Crippen LogP contribution in [0.4, 0.5) is 0 Å². The van der Waals surface area contributed by atoms with Crippen LogP contribution in [0.3, 0.4) is 0 Å². The van der Waals surface area contributed by atoms with Gasteiger partial charge in [-0.1, -0.05) is 85.7 Å². The summed E-state index contributed by atoms with van der Waals surface area (Å²) in [6.45, 7) is 20.4. The maximum absolute atomic E-state index is 6.58. The van der Waals surface area contributed by atoms with Gasteiger partial charge in [-0.3, -0.25) is 4.98 Å². The number of nitrogens with zero attached hydrogens (tertiary/aromatic N) is 2. The molecule has 3 heterocycles. The van der Waals surface area contributed by atoms with Crippen molar-refractivity contribution in [3.63, 3.8) is 0 Å². The predicted molar refractivity (Wildman–Crippen MR) is 166 cm³/mol. The van der Waals surface area contributed by atoms with E-state index in [0.717, 1.165) is 33.3 Å². The topological polar surface area (TPSA) is 38.9 Å². The summed E-state index contributed by atoms with van der Waals surface area (Å²) < 4.78 is 6.58. The zero-order valence-corrected chi connectivity index (χ0v) is 25.0. The standard InChI is InChI=1S/C36H42N2O/c1-20(2)25-12-10-13-26(21(3)4)34(25)31-17-16-28-27-14-11-15-29(35(27)39-36(28)38-31)32-18-30(24(9)19-37-32)33(22(5)6)23(7)8/h10-23,33H,1-9H3. The lowest BCUT2D eigenvalue weighted by Gasteiger charge is -2.27. The van der Waals surface area contributed by atoms with Crippen LogP contribution in [0.25, 0.3) is 44.6 Å². The Morgan fingerprint density at radius 1 is 0.667 bits per heavy atom. The van der Waals surface area contributed by atoms with Crippen molar-refractivity contribution in [2.24, 2.45) is 11.8 Å². The zero-order valence-electron chi connectivity index (χ0n) is 25.0. The molecule has 0 bridgehead atoms. The van der Waals surface area contributed by atoms with Gasteiger partial charge < -0.3 is 4.42 Å². The average molecular weight is 519 g/mol. The third-order valence-corrected chi connectivity index (χ3v) is 8.21. The third-order valence-electron chi connectivity index (χ3n) is 8.21. The summed E-state index contributed by atoms with van der Waals surface area (Å²) in [5, 5.41) is 2.12. The molecule has 0 saturated carbocycles. The van der Waals surface area contributed by atoms with Crippen molar-refractivity contribution in [2.45, 2.75) is 80.1 Å². The smallest absolute Gasteiger partial charge is 0.227 e. The van der Waals surface area contributed by atoms with Crippen LogP contribution < -0.4 is 0 Å². The fourth-order valence-electron chi connectivity index (χ4n) is 6.40. The van der Waals surface area contributed by atoms with Gasteiger partial charge in [-0.2, -0.15) is 0 Å². The molecule has 5 rings (SSSR count). The molecule has 0 amide bonds. The second-order valence-electron chi connectivity index (χ2n) is 12.4. The fraction of sp³-hybridized carbons (Fsp3) is 0.389. The summed E-state index contributed by atoms with van der Waals surface area (Å²) in [7, 11) is 0. The van der Waals surface area contributed by atoms with E-state index in [-0.39, 0.29) is 0 Å². The molecule has 0 saturated heterocycles. The van der Waals surface area contributed by atoms with Crippen LogP contribution in [0.5, 0.6) is 0 Å². The number of hydrogen-bond acceptors (Lipinski definition) is 3. The summed E-state index contributed by atoms with van der Waals surface area (Å²) in [6, 6.07) is 19.6. The number of hydrogen-bond donors (Lipinski definition) is 0. The summed E-state index contributed by atoms with van der Waals surface area (Å²) in [4.78, 5) is 10.0. The Kier molecular flexibility index (Phi) is 7.37. The number of furan rings is 1. The molecule has 0 N–H and O–H groups in total. The molecule has 0 atom stereocenters. The number of rotatable bonds is 7. The van der Waals surface area contributed by atoms with Gasteiger partial charge in [0, 0.05) is 28.1 Å². The largest absolute Gasteiger partial charge is 0.437 e. The van der Waals surface area contributed by atoms with Crippen LogP contribution in [0, 0.1) is 18.8 Å². The van der Waals surface area contributed by atoms with E-state index in [0.29, 0.717) is 35.3 Å². The van der Waals surface area contributed by atoms with Crippen LogP contribution in [-0.2, 0) is 0 Å². The van der Waals surface area contributed by atoms with Crippen molar-refractivity contribution in [1.82, 2.24) is 9.97 Å². The lowest BCUT2D eigenvalue weighted by Crippen LogP contribution is -2.15. The molecular formula is C36H42N2O. The van der Waals surface area contributed by atoms with E-state index < -0.39 is 0 Å². The monoisotopic (exact) mass is 518 g/mol. The Balaban J connectivity index is 1.69. The number of benzene rings is 2. The minimum Gasteiger partial charge on any atom is -0.437 e. The SMILES string of the molecule is Cc1cnc(-c2cccc3c2oc2nc(-c4c(C(C)C)cccc4C(C)C)ccc23)cc1C(C(C)C)C(C)C. The minimum atomic E-state index is 0.404. The highest BCUT2D eigenvalue weighted by molar-refractivity contribution is 6.08. The average Bonchev–Trinajstić information content (AvgIpc) is 3.27. The van der Waals surface area contributed by atoms with Crippen molar-refractivity contribution in [2.75, 3.05) is 0 Å². The summed E-state index contributed by atoms with van der Waals surface area (Å²) in [5.41, 5.74) is 11.0. The van der Waals surface area contributed by atoms with Crippen molar-refractivity contribution in [1.29, 1.82) is 0 Å². The minimum absolute atomic E-state index is 0.404. The number of aryl methyl sites for hydroxylation is 1. The van der Waals surface area contributed by atoms with E-state index in [2.05, 4.69) is 117 Å². The Bertz CT molecular complexity index is 1600. The van der Waals surface area contributed by atoms with Gasteiger partial charge in [-0.05, 0) is 83.0 Å². The van der Waals surface area contributed by atoms with Crippen LogP contribution in [-0.4, -0.2) is 9.97 Å². The lowest BCUT2D eigenvalue weighted by atomic mass is 9.78. The van der Waals surface area contributed by atoms with Crippen molar-refractivity contribution in [3.05, 3.63) is 83.0 Å². The van der Waals surface area contributed by atoms with Gasteiger partial charge in [0.1, 0.15) is 5.58 Å². The second kappa shape index (κ2) is 10.6. The molecule has 3 heteroatoms. The maximum Gasteiger partial charge on any atom is 0.227 e. The van der Waals surface area contributed by atoms with Crippen LogP contribution in [0.15, 0.2) is 65.2 Å². The molecule has 5 aromatic rings. The van der Waals surface area contributed by atoms with Gasteiger partial charge >= 0.3 is 0 Å². The second-order valence-corrected chi connectivity index (χ2v) is 12.4. The molecule has 3 aromatic heterocycles. The highest BCUT2D eigenvalue weighted by Gasteiger charge is 2.24. The third kappa shape index (κ3) is 4.88. The molecule has 202 valence electrons. The molecule has 0 aliphatic carbocycles.